The monoisotopic (exact) mass is 323 g/mol. The van der Waals surface area contributed by atoms with Gasteiger partial charge in [0.2, 0.25) is 10.0 Å². The first-order valence-electron chi connectivity index (χ1n) is 7.68. The normalized spacial score (nSPS) is 15.5. The molecule has 0 bridgehead atoms. The van der Waals surface area contributed by atoms with E-state index >= 15 is 0 Å². The summed E-state index contributed by atoms with van der Waals surface area (Å²) in [6.45, 7) is 8.03. The number of sulfonamides is 1. The van der Waals surface area contributed by atoms with E-state index in [1.54, 1.807) is 6.08 Å². The van der Waals surface area contributed by atoms with Gasteiger partial charge in [0, 0.05) is 0 Å². The van der Waals surface area contributed by atoms with Gasteiger partial charge in [-0.25, -0.2) is 13.1 Å². The van der Waals surface area contributed by atoms with Gasteiger partial charge in [-0.2, -0.15) is 0 Å². The van der Waals surface area contributed by atoms with Crippen molar-refractivity contribution in [2.45, 2.75) is 38.6 Å². The predicted octanol–water partition coefficient (Wildman–Crippen LogP) is 3.21. The van der Waals surface area contributed by atoms with E-state index in [2.05, 4.69) is 11.3 Å². The van der Waals surface area contributed by atoms with E-state index in [0.717, 1.165) is 17.9 Å². The van der Waals surface area contributed by atoms with E-state index in [9.17, 15) is 8.42 Å². The second kappa shape index (κ2) is 6.84. The maximum atomic E-state index is 12.1. The second-order valence-corrected chi connectivity index (χ2v) is 8.25. The highest BCUT2D eigenvalue weighted by atomic mass is 32.2. The lowest BCUT2D eigenvalue weighted by atomic mass is 9.95. The minimum absolute atomic E-state index is 0.0534. The molecule has 1 aromatic rings. The minimum Gasteiger partial charge on any atom is -0.493 e. The first-order valence-corrected chi connectivity index (χ1v) is 9.33. The van der Waals surface area contributed by atoms with Gasteiger partial charge < -0.3 is 4.74 Å². The molecule has 0 amide bonds. The Morgan fingerprint density at radius 2 is 2.14 bits per heavy atom. The van der Waals surface area contributed by atoms with Gasteiger partial charge in [-0.3, -0.25) is 0 Å². The summed E-state index contributed by atoms with van der Waals surface area (Å²) in [7, 11) is -3.34. The number of allylic oxidation sites excluding steroid dienone is 1. The van der Waals surface area contributed by atoms with E-state index in [1.807, 2.05) is 38.1 Å². The van der Waals surface area contributed by atoms with Gasteiger partial charge in [-0.1, -0.05) is 18.2 Å². The highest BCUT2D eigenvalue weighted by Gasteiger charge is 2.27. The molecule has 1 fully saturated rings. The zero-order chi connectivity index (χ0) is 16.2. The number of benzene rings is 1. The molecule has 1 aliphatic carbocycles. The molecule has 0 atom stereocenters. The van der Waals surface area contributed by atoms with Crippen LogP contribution in [0.4, 0.5) is 0 Å². The van der Waals surface area contributed by atoms with Gasteiger partial charge in [-0.15, -0.1) is 6.58 Å². The standard InChI is InChI=1S/C17H25NO3S/c1-4-5-11-22(19,20)18-17(2,3)15-7-6-8-16(12-15)21-13-14-9-10-14/h4,6-8,12,14,18H,1,5,9-11,13H2,2-3H3. The van der Waals surface area contributed by atoms with Gasteiger partial charge in [0.25, 0.3) is 0 Å². The Balaban J connectivity index is 2.06. The Hall–Kier alpha value is -1.33. The molecule has 122 valence electrons. The number of hydrogen-bond donors (Lipinski definition) is 1. The Morgan fingerprint density at radius 3 is 2.77 bits per heavy atom. The third-order valence-electron chi connectivity index (χ3n) is 3.74. The molecule has 22 heavy (non-hydrogen) atoms. The molecule has 1 aromatic carbocycles. The Morgan fingerprint density at radius 1 is 1.41 bits per heavy atom. The quantitative estimate of drug-likeness (QED) is 0.710. The fraction of sp³-hybridized carbons (Fsp3) is 0.529. The summed E-state index contributed by atoms with van der Waals surface area (Å²) in [5.74, 6) is 1.54. The molecule has 0 spiro atoms. The lowest BCUT2D eigenvalue weighted by Crippen LogP contribution is -2.42. The molecule has 0 radical (unpaired) electrons. The highest BCUT2D eigenvalue weighted by molar-refractivity contribution is 7.89. The molecule has 2 rings (SSSR count). The molecule has 0 aromatic heterocycles. The van der Waals surface area contributed by atoms with Gasteiger partial charge in [0.15, 0.2) is 0 Å². The molecule has 4 nitrogen and oxygen atoms in total. The minimum atomic E-state index is -3.34. The molecule has 5 heteroatoms. The van der Waals surface area contributed by atoms with Crippen LogP contribution in [0, 0.1) is 5.92 Å². The Labute approximate surface area is 133 Å². The SMILES string of the molecule is C=CCCS(=O)(=O)NC(C)(C)c1cccc(OCC2CC2)c1. The molecule has 0 heterocycles. The summed E-state index contributed by atoms with van der Waals surface area (Å²) in [5, 5.41) is 0. The maximum Gasteiger partial charge on any atom is 0.212 e. The van der Waals surface area contributed by atoms with Crippen molar-refractivity contribution < 1.29 is 13.2 Å². The van der Waals surface area contributed by atoms with E-state index in [-0.39, 0.29) is 5.75 Å². The van der Waals surface area contributed by atoms with E-state index in [0.29, 0.717) is 12.3 Å². The Bertz CT molecular complexity index is 619. The van der Waals surface area contributed by atoms with Crippen LogP contribution in [0.2, 0.25) is 0 Å². The summed E-state index contributed by atoms with van der Waals surface area (Å²) in [4.78, 5) is 0. The molecular weight excluding hydrogens is 298 g/mol. The van der Waals surface area contributed by atoms with Crippen LogP contribution >= 0.6 is 0 Å². The molecule has 1 N–H and O–H groups in total. The van der Waals surface area contributed by atoms with Crippen LogP contribution in [0.3, 0.4) is 0 Å². The number of nitrogens with one attached hydrogen (secondary N) is 1. The lowest BCUT2D eigenvalue weighted by Gasteiger charge is -2.27. The van der Waals surface area contributed by atoms with Crippen molar-refractivity contribution >= 4 is 10.0 Å². The largest absolute Gasteiger partial charge is 0.493 e. The van der Waals surface area contributed by atoms with Gasteiger partial charge in [-0.05, 0) is 56.7 Å². The van der Waals surface area contributed by atoms with Crippen molar-refractivity contribution in [3.8, 4) is 5.75 Å². The van der Waals surface area contributed by atoms with Crippen LogP contribution in [-0.2, 0) is 15.6 Å². The first-order chi connectivity index (χ1) is 10.3. The first kappa shape index (κ1) is 17.0. The van der Waals surface area contributed by atoms with Crippen LogP contribution in [0.25, 0.3) is 0 Å². The number of hydrogen-bond acceptors (Lipinski definition) is 3. The average molecular weight is 323 g/mol. The zero-order valence-electron chi connectivity index (χ0n) is 13.3. The van der Waals surface area contributed by atoms with E-state index in [4.69, 9.17) is 4.74 Å². The van der Waals surface area contributed by atoms with Crippen molar-refractivity contribution in [3.05, 3.63) is 42.5 Å². The van der Waals surface area contributed by atoms with Crippen molar-refractivity contribution in [1.82, 2.24) is 4.72 Å². The van der Waals surface area contributed by atoms with Gasteiger partial charge >= 0.3 is 0 Å². The summed E-state index contributed by atoms with van der Waals surface area (Å²) in [6.07, 6.45) is 4.54. The molecular formula is C17H25NO3S. The Kier molecular flexibility index (Phi) is 5.29. The lowest BCUT2D eigenvalue weighted by molar-refractivity contribution is 0.298. The molecule has 0 aliphatic heterocycles. The number of rotatable bonds is 9. The van der Waals surface area contributed by atoms with E-state index < -0.39 is 15.6 Å². The van der Waals surface area contributed by atoms with E-state index in [1.165, 1.54) is 12.8 Å². The third kappa shape index (κ3) is 5.14. The zero-order valence-corrected chi connectivity index (χ0v) is 14.2. The summed E-state index contributed by atoms with van der Waals surface area (Å²) < 4.78 is 32.7. The second-order valence-electron chi connectivity index (χ2n) is 6.41. The predicted molar refractivity (Wildman–Crippen MR) is 89.4 cm³/mol. The van der Waals surface area contributed by atoms with Crippen LogP contribution in [-0.4, -0.2) is 20.8 Å². The van der Waals surface area contributed by atoms with Crippen molar-refractivity contribution in [3.63, 3.8) is 0 Å². The maximum absolute atomic E-state index is 12.1. The summed E-state index contributed by atoms with van der Waals surface area (Å²) in [5.41, 5.74) is 0.210. The van der Waals surface area contributed by atoms with Gasteiger partial charge in [0.05, 0.1) is 17.9 Å². The van der Waals surface area contributed by atoms with Crippen LogP contribution in [0.1, 0.15) is 38.7 Å². The molecule has 0 unspecified atom stereocenters. The molecule has 0 saturated heterocycles. The van der Waals surface area contributed by atoms with Crippen LogP contribution in [0.15, 0.2) is 36.9 Å². The third-order valence-corrected chi connectivity index (χ3v) is 5.33. The van der Waals surface area contributed by atoms with Crippen LogP contribution < -0.4 is 9.46 Å². The number of ether oxygens (including phenoxy) is 1. The molecule has 1 aliphatic rings. The summed E-state index contributed by atoms with van der Waals surface area (Å²) >= 11 is 0. The van der Waals surface area contributed by atoms with Crippen molar-refractivity contribution in [1.29, 1.82) is 0 Å². The molecule has 1 saturated carbocycles. The smallest absolute Gasteiger partial charge is 0.212 e. The van der Waals surface area contributed by atoms with Crippen LogP contribution in [0.5, 0.6) is 5.75 Å². The van der Waals surface area contributed by atoms with Gasteiger partial charge in [0.1, 0.15) is 5.75 Å². The fourth-order valence-electron chi connectivity index (χ4n) is 2.21. The topological polar surface area (TPSA) is 55.4 Å². The highest BCUT2D eigenvalue weighted by Crippen LogP contribution is 2.30. The fourth-order valence-corrected chi connectivity index (χ4v) is 3.68. The average Bonchev–Trinajstić information content (AvgIpc) is 3.26. The van der Waals surface area contributed by atoms with Crippen molar-refractivity contribution in [2.75, 3.05) is 12.4 Å². The van der Waals surface area contributed by atoms with Crippen molar-refractivity contribution in [2.24, 2.45) is 5.92 Å². The summed E-state index contributed by atoms with van der Waals surface area (Å²) in [6, 6.07) is 7.64.